The van der Waals surface area contributed by atoms with Gasteiger partial charge in [-0.05, 0) is 24.6 Å². The highest BCUT2D eigenvalue weighted by molar-refractivity contribution is 5.93. The summed E-state index contributed by atoms with van der Waals surface area (Å²) in [5, 5.41) is 4.95. The van der Waals surface area contributed by atoms with E-state index in [-0.39, 0.29) is 6.54 Å². The zero-order chi connectivity index (χ0) is 15.4. The fraction of sp³-hybridized carbons (Fsp3) is 0.133. The van der Waals surface area contributed by atoms with Crippen molar-refractivity contribution in [3.63, 3.8) is 0 Å². The van der Waals surface area contributed by atoms with E-state index >= 15 is 0 Å². The summed E-state index contributed by atoms with van der Waals surface area (Å²) in [5.41, 5.74) is 1.17. The number of benzene rings is 2. The van der Waals surface area contributed by atoms with Crippen LogP contribution < -0.4 is 10.6 Å². The molecule has 0 aromatic heterocycles. The van der Waals surface area contributed by atoms with Crippen LogP contribution in [0.5, 0.6) is 0 Å². The molecule has 0 atom stereocenters. The largest absolute Gasteiger partial charge is 0.374 e. The van der Waals surface area contributed by atoms with Gasteiger partial charge < -0.3 is 10.6 Å². The summed E-state index contributed by atoms with van der Waals surface area (Å²) in [6, 6.07) is 8.35. The van der Waals surface area contributed by atoms with Crippen LogP contribution in [-0.2, 0) is 4.79 Å². The maximum absolute atomic E-state index is 13.4. The monoisotopic (exact) mass is 294 g/mol. The number of rotatable bonds is 4. The van der Waals surface area contributed by atoms with Crippen LogP contribution in [0.25, 0.3) is 0 Å². The summed E-state index contributed by atoms with van der Waals surface area (Å²) >= 11 is 0. The number of carbonyl (C=O) groups is 1. The normalized spacial score (nSPS) is 10.3. The van der Waals surface area contributed by atoms with Crippen molar-refractivity contribution in [1.82, 2.24) is 0 Å². The predicted molar refractivity (Wildman–Crippen MR) is 74.6 cm³/mol. The van der Waals surface area contributed by atoms with Gasteiger partial charge in [0.2, 0.25) is 5.91 Å². The van der Waals surface area contributed by atoms with Gasteiger partial charge >= 0.3 is 0 Å². The molecule has 1 amide bonds. The average Bonchev–Trinajstić information content (AvgIpc) is 2.41. The minimum absolute atomic E-state index is 0.312. The Labute approximate surface area is 119 Å². The second-order valence-electron chi connectivity index (χ2n) is 4.52. The molecule has 6 heteroatoms. The molecular weight excluding hydrogens is 281 g/mol. The van der Waals surface area contributed by atoms with E-state index in [9.17, 15) is 18.0 Å². The Morgan fingerprint density at radius 3 is 2.62 bits per heavy atom. The van der Waals surface area contributed by atoms with Gasteiger partial charge in [-0.15, -0.1) is 0 Å². The Bertz CT molecular complexity index is 674. The van der Waals surface area contributed by atoms with Gasteiger partial charge in [-0.3, -0.25) is 4.79 Å². The molecule has 0 spiro atoms. The lowest BCUT2D eigenvalue weighted by Crippen LogP contribution is -2.22. The first-order chi connectivity index (χ1) is 9.95. The molecule has 0 aliphatic carbocycles. The van der Waals surface area contributed by atoms with E-state index in [0.29, 0.717) is 11.8 Å². The Kier molecular flexibility index (Phi) is 4.47. The summed E-state index contributed by atoms with van der Waals surface area (Å²) in [6.45, 7) is 1.56. The van der Waals surface area contributed by atoms with Gasteiger partial charge in [-0.25, -0.2) is 13.2 Å². The first kappa shape index (κ1) is 14.9. The topological polar surface area (TPSA) is 41.1 Å². The molecule has 0 heterocycles. The molecule has 21 heavy (non-hydrogen) atoms. The first-order valence-corrected chi connectivity index (χ1v) is 6.20. The summed E-state index contributed by atoms with van der Waals surface area (Å²) < 4.78 is 39.4. The lowest BCUT2D eigenvalue weighted by atomic mass is 10.2. The summed E-state index contributed by atoms with van der Waals surface area (Å²) in [6.07, 6.45) is 0. The number of hydrogen-bond donors (Lipinski definition) is 2. The second-order valence-corrected chi connectivity index (χ2v) is 4.52. The molecule has 2 aromatic rings. The van der Waals surface area contributed by atoms with Crippen molar-refractivity contribution >= 4 is 17.3 Å². The van der Waals surface area contributed by atoms with E-state index < -0.39 is 29.0 Å². The van der Waals surface area contributed by atoms with E-state index in [4.69, 9.17) is 0 Å². The number of carbonyl (C=O) groups excluding carboxylic acids is 1. The van der Waals surface area contributed by atoms with Crippen LogP contribution in [0.2, 0.25) is 0 Å². The number of nitrogens with one attached hydrogen (secondary N) is 2. The molecule has 0 fully saturated rings. The third-order valence-electron chi connectivity index (χ3n) is 2.73. The minimum Gasteiger partial charge on any atom is -0.374 e. The zero-order valence-electron chi connectivity index (χ0n) is 11.2. The summed E-state index contributed by atoms with van der Waals surface area (Å²) in [5.74, 6) is -3.91. The molecule has 0 bridgehead atoms. The molecule has 0 saturated carbocycles. The molecule has 110 valence electrons. The number of anilines is 2. The highest BCUT2D eigenvalue weighted by Crippen LogP contribution is 2.19. The standard InChI is InChI=1S/C15H13F3N2O/c1-9-3-2-4-11(5-9)20-14(21)8-19-13-7-10(16)6-12(17)15(13)18/h2-7,19H,8H2,1H3,(H,20,21). The number of amides is 1. The Morgan fingerprint density at radius 1 is 1.14 bits per heavy atom. The van der Waals surface area contributed by atoms with Crippen molar-refractivity contribution in [2.24, 2.45) is 0 Å². The van der Waals surface area contributed by atoms with Gasteiger partial charge in [0.25, 0.3) is 0 Å². The van der Waals surface area contributed by atoms with Gasteiger partial charge in [0.05, 0.1) is 12.2 Å². The minimum atomic E-state index is -1.31. The molecule has 0 aliphatic heterocycles. The van der Waals surface area contributed by atoms with Crippen molar-refractivity contribution in [3.05, 3.63) is 59.4 Å². The molecule has 2 N–H and O–H groups in total. The molecule has 0 aliphatic rings. The maximum Gasteiger partial charge on any atom is 0.243 e. The Balaban J connectivity index is 1.98. The van der Waals surface area contributed by atoms with Crippen LogP contribution in [0, 0.1) is 24.4 Å². The van der Waals surface area contributed by atoms with Crippen LogP contribution in [0.15, 0.2) is 36.4 Å². The zero-order valence-corrected chi connectivity index (χ0v) is 11.2. The van der Waals surface area contributed by atoms with Gasteiger partial charge in [0.15, 0.2) is 11.6 Å². The van der Waals surface area contributed by atoms with Crippen molar-refractivity contribution in [1.29, 1.82) is 0 Å². The Hall–Kier alpha value is -2.50. The molecule has 0 saturated heterocycles. The van der Waals surface area contributed by atoms with Crippen molar-refractivity contribution in [3.8, 4) is 0 Å². The van der Waals surface area contributed by atoms with E-state index in [1.54, 1.807) is 18.2 Å². The van der Waals surface area contributed by atoms with E-state index in [2.05, 4.69) is 10.6 Å². The van der Waals surface area contributed by atoms with Crippen LogP contribution in [0.4, 0.5) is 24.5 Å². The average molecular weight is 294 g/mol. The van der Waals surface area contributed by atoms with Gasteiger partial charge in [-0.2, -0.15) is 0 Å². The molecule has 0 unspecified atom stereocenters. The molecule has 3 nitrogen and oxygen atoms in total. The lowest BCUT2D eigenvalue weighted by molar-refractivity contribution is -0.114. The summed E-state index contributed by atoms with van der Waals surface area (Å²) in [7, 11) is 0. The molecule has 2 aromatic carbocycles. The quantitative estimate of drug-likeness (QED) is 0.848. The maximum atomic E-state index is 13.4. The highest BCUT2D eigenvalue weighted by Gasteiger charge is 2.12. The summed E-state index contributed by atoms with van der Waals surface area (Å²) in [4.78, 5) is 11.7. The van der Waals surface area contributed by atoms with Crippen molar-refractivity contribution in [2.75, 3.05) is 17.2 Å². The number of halogens is 3. The van der Waals surface area contributed by atoms with Crippen LogP contribution in [0.3, 0.4) is 0 Å². The van der Waals surface area contributed by atoms with Gasteiger partial charge in [-0.1, -0.05) is 12.1 Å². The number of aryl methyl sites for hydroxylation is 1. The highest BCUT2D eigenvalue weighted by atomic mass is 19.2. The van der Waals surface area contributed by atoms with Crippen molar-refractivity contribution < 1.29 is 18.0 Å². The first-order valence-electron chi connectivity index (χ1n) is 6.20. The van der Waals surface area contributed by atoms with Crippen LogP contribution >= 0.6 is 0 Å². The van der Waals surface area contributed by atoms with Crippen LogP contribution in [0.1, 0.15) is 5.56 Å². The molecule has 0 radical (unpaired) electrons. The smallest absolute Gasteiger partial charge is 0.243 e. The SMILES string of the molecule is Cc1cccc(NC(=O)CNc2cc(F)cc(F)c2F)c1. The lowest BCUT2D eigenvalue weighted by Gasteiger charge is -2.09. The molecule has 2 rings (SSSR count). The van der Waals surface area contributed by atoms with Gasteiger partial charge in [0, 0.05) is 17.8 Å². The third-order valence-corrected chi connectivity index (χ3v) is 2.73. The molecular formula is C15H13F3N2O. The fourth-order valence-electron chi connectivity index (χ4n) is 1.79. The van der Waals surface area contributed by atoms with E-state index in [0.717, 1.165) is 11.6 Å². The predicted octanol–water partition coefficient (Wildman–Crippen LogP) is 3.46. The fourth-order valence-corrected chi connectivity index (χ4v) is 1.79. The van der Waals surface area contributed by atoms with E-state index in [1.165, 1.54) is 0 Å². The third kappa shape index (κ3) is 3.98. The number of hydrogen-bond acceptors (Lipinski definition) is 2. The second kappa shape index (κ2) is 6.30. The van der Waals surface area contributed by atoms with Crippen LogP contribution in [-0.4, -0.2) is 12.5 Å². The van der Waals surface area contributed by atoms with E-state index in [1.807, 2.05) is 13.0 Å². The Morgan fingerprint density at radius 2 is 1.90 bits per heavy atom. The van der Waals surface area contributed by atoms with Gasteiger partial charge in [0.1, 0.15) is 5.82 Å². The van der Waals surface area contributed by atoms with Crippen molar-refractivity contribution in [2.45, 2.75) is 6.92 Å².